The topological polar surface area (TPSA) is 40.5 Å². The Bertz CT molecular complexity index is 309. The van der Waals surface area contributed by atoms with Gasteiger partial charge >= 0.3 is 7.12 Å². The van der Waals surface area contributed by atoms with E-state index in [1.165, 1.54) is 6.07 Å². The molecule has 1 rings (SSSR count). The van der Waals surface area contributed by atoms with Gasteiger partial charge in [-0.1, -0.05) is 33.8 Å². The molecule has 0 radical (unpaired) electrons. The quantitative estimate of drug-likeness (QED) is 0.617. The van der Waals surface area contributed by atoms with Crippen LogP contribution in [0.2, 0.25) is 0 Å². The summed E-state index contributed by atoms with van der Waals surface area (Å²) in [6.07, 6.45) is 0. The predicted octanol–water partition coefficient (Wildman–Crippen LogP) is 2.46. The molecule has 0 amide bonds. The van der Waals surface area contributed by atoms with Crippen LogP contribution in [0.3, 0.4) is 0 Å². The van der Waals surface area contributed by atoms with Gasteiger partial charge in [-0.25, -0.2) is 8.78 Å². The summed E-state index contributed by atoms with van der Waals surface area (Å²) in [7, 11) is -1.99. The summed E-state index contributed by atoms with van der Waals surface area (Å²) in [6.45, 7) is 8.00. The van der Waals surface area contributed by atoms with Gasteiger partial charge in [-0.2, -0.15) is 0 Å². The Morgan fingerprint density at radius 2 is 1.44 bits per heavy atom. The summed E-state index contributed by atoms with van der Waals surface area (Å²) in [6, 6.07) is 2.29. The van der Waals surface area contributed by atoms with E-state index in [4.69, 9.17) is 10.0 Å². The van der Waals surface area contributed by atoms with Crippen LogP contribution in [0.1, 0.15) is 27.7 Å². The van der Waals surface area contributed by atoms with Crippen molar-refractivity contribution in [2.45, 2.75) is 27.7 Å². The van der Waals surface area contributed by atoms with Crippen LogP contribution < -0.4 is 5.46 Å². The average Bonchev–Trinajstić information content (AvgIpc) is 2.31. The van der Waals surface area contributed by atoms with Gasteiger partial charge in [0.15, 0.2) is 11.6 Å². The molecule has 16 heavy (non-hydrogen) atoms. The highest BCUT2D eigenvalue weighted by Crippen LogP contribution is 2.15. The molecule has 0 saturated carbocycles. The number of hydrogen-bond acceptors (Lipinski definition) is 2. The standard InChI is InChI=1S/C6H4BBrF2O2.2C2H6/c8-4-2-1-3(7(11)12)5(9)6(4)10;2*1-2/h1-2,11-12H;2*1-2H3. The monoisotopic (exact) mass is 296 g/mol. The summed E-state index contributed by atoms with van der Waals surface area (Å²) in [5, 5.41) is 17.1. The highest BCUT2D eigenvalue weighted by Gasteiger charge is 2.20. The van der Waals surface area contributed by atoms with E-state index in [1.807, 2.05) is 27.7 Å². The zero-order valence-electron chi connectivity index (χ0n) is 9.76. The molecule has 0 aliphatic rings. The lowest BCUT2D eigenvalue weighted by Crippen LogP contribution is -2.33. The molecule has 0 saturated heterocycles. The minimum absolute atomic E-state index is 0.0515. The van der Waals surface area contributed by atoms with Crippen LogP contribution in [0.25, 0.3) is 0 Å². The lowest BCUT2D eigenvalue weighted by molar-refractivity contribution is 0.420. The first-order valence-electron chi connectivity index (χ1n) is 5.03. The van der Waals surface area contributed by atoms with Gasteiger partial charge in [0.1, 0.15) is 0 Å². The normalized spacial score (nSPS) is 8.31. The first-order chi connectivity index (χ1) is 7.54. The van der Waals surface area contributed by atoms with Crippen molar-refractivity contribution in [1.82, 2.24) is 0 Å². The maximum absolute atomic E-state index is 12.8. The zero-order chi connectivity index (χ0) is 13.3. The molecule has 0 aromatic heterocycles. The fraction of sp³-hybridized carbons (Fsp3) is 0.400. The SMILES string of the molecule is CC.CC.OB(O)c1ccc(Br)c(F)c1F. The number of rotatable bonds is 1. The molecule has 2 nitrogen and oxygen atoms in total. The Balaban J connectivity index is 0. The molecule has 0 heterocycles. The molecule has 0 fully saturated rings. The Morgan fingerprint density at radius 1 is 1.00 bits per heavy atom. The number of halogens is 3. The van der Waals surface area contributed by atoms with E-state index in [9.17, 15) is 8.78 Å². The van der Waals surface area contributed by atoms with Crippen LogP contribution in [-0.4, -0.2) is 17.2 Å². The molecule has 2 N–H and O–H groups in total. The second-order valence-electron chi connectivity index (χ2n) is 2.14. The fourth-order valence-electron chi connectivity index (χ4n) is 0.740. The van der Waals surface area contributed by atoms with Crippen LogP contribution in [0, 0.1) is 11.6 Å². The van der Waals surface area contributed by atoms with Crippen molar-refractivity contribution < 1.29 is 18.8 Å². The first-order valence-corrected chi connectivity index (χ1v) is 5.83. The van der Waals surface area contributed by atoms with Crippen molar-refractivity contribution in [3.05, 3.63) is 28.2 Å². The minimum atomic E-state index is -1.99. The summed E-state index contributed by atoms with van der Waals surface area (Å²) in [5.41, 5.74) is -0.476. The molecule has 6 heteroatoms. The molecular weight excluding hydrogens is 281 g/mol. The van der Waals surface area contributed by atoms with Crippen molar-refractivity contribution in [2.24, 2.45) is 0 Å². The average molecular weight is 297 g/mol. The molecular formula is C10H16BBrF2O2. The van der Waals surface area contributed by atoms with Crippen LogP contribution in [0.15, 0.2) is 16.6 Å². The lowest BCUT2D eigenvalue weighted by atomic mass is 9.80. The van der Waals surface area contributed by atoms with E-state index in [0.717, 1.165) is 6.07 Å². The Kier molecular flexibility index (Phi) is 10.9. The fourth-order valence-corrected chi connectivity index (χ4v) is 1.05. The molecule has 1 aromatic carbocycles. The van der Waals surface area contributed by atoms with E-state index in [2.05, 4.69) is 15.9 Å². The van der Waals surface area contributed by atoms with Crippen molar-refractivity contribution >= 4 is 28.5 Å². The van der Waals surface area contributed by atoms with Crippen LogP contribution in [0.4, 0.5) is 8.78 Å². The maximum atomic E-state index is 12.8. The van der Waals surface area contributed by atoms with E-state index < -0.39 is 24.2 Å². The highest BCUT2D eigenvalue weighted by atomic mass is 79.9. The van der Waals surface area contributed by atoms with E-state index in [-0.39, 0.29) is 4.47 Å². The van der Waals surface area contributed by atoms with Gasteiger partial charge in [-0.15, -0.1) is 0 Å². The molecule has 0 spiro atoms. The smallest absolute Gasteiger partial charge is 0.423 e. The van der Waals surface area contributed by atoms with Crippen molar-refractivity contribution in [2.75, 3.05) is 0 Å². The van der Waals surface area contributed by atoms with Crippen molar-refractivity contribution in [1.29, 1.82) is 0 Å². The third-order valence-electron chi connectivity index (χ3n) is 1.34. The van der Waals surface area contributed by atoms with Gasteiger partial charge in [0.2, 0.25) is 0 Å². The van der Waals surface area contributed by atoms with Crippen molar-refractivity contribution in [3.63, 3.8) is 0 Å². The third kappa shape index (κ3) is 5.05. The molecule has 0 aliphatic heterocycles. The summed E-state index contributed by atoms with van der Waals surface area (Å²) >= 11 is 2.75. The number of benzene rings is 1. The van der Waals surface area contributed by atoms with E-state index in [1.54, 1.807) is 0 Å². The molecule has 0 aliphatic carbocycles. The Morgan fingerprint density at radius 3 is 1.81 bits per heavy atom. The van der Waals surface area contributed by atoms with Crippen molar-refractivity contribution in [3.8, 4) is 0 Å². The number of hydrogen-bond donors (Lipinski definition) is 2. The van der Waals surface area contributed by atoms with Gasteiger partial charge in [-0.05, 0) is 22.0 Å². The molecule has 0 unspecified atom stereocenters. The third-order valence-corrected chi connectivity index (χ3v) is 1.96. The van der Waals surface area contributed by atoms with Crippen LogP contribution in [0.5, 0.6) is 0 Å². The Labute approximate surface area is 104 Å². The summed E-state index contributed by atoms with van der Waals surface area (Å²) < 4.78 is 25.4. The zero-order valence-corrected chi connectivity index (χ0v) is 11.3. The van der Waals surface area contributed by atoms with Gasteiger partial charge in [0.05, 0.1) is 4.47 Å². The maximum Gasteiger partial charge on any atom is 0.491 e. The summed E-state index contributed by atoms with van der Waals surface area (Å²) in [5.74, 6) is -2.38. The summed E-state index contributed by atoms with van der Waals surface area (Å²) in [4.78, 5) is 0. The van der Waals surface area contributed by atoms with Crippen LogP contribution >= 0.6 is 15.9 Å². The second kappa shape index (κ2) is 9.75. The van der Waals surface area contributed by atoms with E-state index in [0.29, 0.717) is 0 Å². The Hall–Kier alpha value is -0.455. The minimum Gasteiger partial charge on any atom is -0.423 e. The lowest BCUT2D eigenvalue weighted by Gasteiger charge is -2.02. The molecule has 92 valence electrons. The molecule has 0 atom stereocenters. The van der Waals surface area contributed by atoms with Gasteiger partial charge in [-0.3, -0.25) is 0 Å². The second-order valence-corrected chi connectivity index (χ2v) is 2.99. The first kappa shape index (κ1) is 17.9. The van der Waals surface area contributed by atoms with Gasteiger partial charge < -0.3 is 10.0 Å². The highest BCUT2D eigenvalue weighted by molar-refractivity contribution is 9.10. The largest absolute Gasteiger partial charge is 0.491 e. The van der Waals surface area contributed by atoms with Crippen LogP contribution in [-0.2, 0) is 0 Å². The molecule has 0 bridgehead atoms. The van der Waals surface area contributed by atoms with E-state index >= 15 is 0 Å². The predicted molar refractivity (Wildman–Crippen MR) is 66.6 cm³/mol. The van der Waals surface area contributed by atoms with Gasteiger partial charge in [0.25, 0.3) is 0 Å². The van der Waals surface area contributed by atoms with Gasteiger partial charge in [0, 0.05) is 5.46 Å². The molecule has 1 aromatic rings.